The van der Waals surface area contributed by atoms with E-state index < -0.39 is 6.10 Å². The van der Waals surface area contributed by atoms with Gasteiger partial charge in [-0.25, -0.2) is 0 Å². The fraction of sp³-hybridized carbons (Fsp3) is 0.571. The van der Waals surface area contributed by atoms with Crippen molar-refractivity contribution < 1.29 is 5.11 Å². The van der Waals surface area contributed by atoms with E-state index in [1.165, 1.54) is 0 Å². The highest BCUT2D eigenvalue weighted by atomic mass is 16.3. The first-order valence-electron chi connectivity index (χ1n) is 3.64. The van der Waals surface area contributed by atoms with Crippen LogP contribution < -0.4 is 5.73 Å². The molecule has 4 nitrogen and oxygen atoms in total. The number of hydrogen-bond acceptors (Lipinski definition) is 3. The van der Waals surface area contributed by atoms with Crippen molar-refractivity contribution in [2.45, 2.75) is 19.4 Å². The predicted molar refractivity (Wildman–Crippen MR) is 42.0 cm³/mol. The third kappa shape index (κ3) is 2.03. The van der Waals surface area contributed by atoms with Crippen molar-refractivity contribution in [3.8, 4) is 0 Å². The Morgan fingerprint density at radius 3 is 3.00 bits per heavy atom. The molecule has 1 aromatic rings. The van der Waals surface area contributed by atoms with Crippen molar-refractivity contribution in [1.29, 1.82) is 0 Å². The number of aliphatic hydroxyl groups is 1. The molecule has 0 aliphatic heterocycles. The van der Waals surface area contributed by atoms with E-state index in [1.54, 1.807) is 0 Å². The van der Waals surface area contributed by atoms with Crippen LogP contribution in [0.2, 0.25) is 0 Å². The first-order valence-corrected chi connectivity index (χ1v) is 3.64. The van der Waals surface area contributed by atoms with Crippen molar-refractivity contribution >= 4 is 0 Å². The lowest BCUT2D eigenvalue weighted by Gasteiger charge is -2.03. The van der Waals surface area contributed by atoms with Gasteiger partial charge in [0.2, 0.25) is 0 Å². The number of aliphatic hydroxyl groups excluding tert-OH is 1. The number of hydrogen-bond donors (Lipinski definition) is 3. The van der Waals surface area contributed by atoms with Gasteiger partial charge in [0, 0.05) is 5.69 Å². The number of nitrogens with one attached hydrogen (secondary N) is 1. The van der Waals surface area contributed by atoms with Gasteiger partial charge in [0.05, 0.1) is 11.8 Å². The average molecular weight is 155 g/mol. The Bertz CT molecular complexity index is 221. The molecule has 11 heavy (non-hydrogen) atoms. The van der Waals surface area contributed by atoms with Crippen LogP contribution in [0.25, 0.3) is 0 Å². The molecule has 0 aromatic carbocycles. The zero-order chi connectivity index (χ0) is 8.27. The van der Waals surface area contributed by atoms with Gasteiger partial charge in [0.25, 0.3) is 0 Å². The molecule has 0 spiro atoms. The number of nitrogens with zero attached hydrogens (tertiary/aromatic N) is 1. The monoisotopic (exact) mass is 155 g/mol. The van der Waals surface area contributed by atoms with Gasteiger partial charge in [-0.05, 0) is 26.0 Å². The van der Waals surface area contributed by atoms with Gasteiger partial charge < -0.3 is 10.8 Å². The van der Waals surface area contributed by atoms with Crippen LogP contribution in [0, 0.1) is 6.92 Å². The van der Waals surface area contributed by atoms with Gasteiger partial charge in [0.1, 0.15) is 0 Å². The summed E-state index contributed by atoms with van der Waals surface area (Å²) in [5.41, 5.74) is 6.90. The lowest BCUT2D eigenvalue weighted by molar-refractivity contribution is 0.165. The van der Waals surface area contributed by atoms with E-state index in [4.69, 9.17) is 5.73 Å². The van der Waals surface area contributed by atoms with Crippen molar-refractivity contribution in [3.63, 3.8) is 0 Å². The van der Waals surface area contributed by atoms with E-state index in [1.807, 2.05) is 13.0 Å². The fourth-order valence-corrected chi connectivity index (χ4v) is 0.916. The number of aryl methyl sites for hydroxylation is 1. The van der Waals surface area contributed by atoms with Crippen molar-refractivity contribution in [2.75, 3.05) is 6.54 Å². The minimum absolute atomic E-state index is 0.479. The first kappa shape index (κ1) is 8.23. The van der Waals surface area contributed by atoms with E-state index in [0.717, 1.165) is 5.69 Å². The summed E-state index contributed by atoms with van der Waals surface area (Å²) in [5, 5.41) is 16.0. The Morgan fingerprint density at radius 2 is 2.55 bits per heavy atom. The number of H-pyrrole nitrogens is 1. The summed E-state index contributed by atoms with van der Waals surface area (Å²) in [5.74, 6) is 0. The number of aromatic amines is 1. The van der Waals surface area contributed by atoms with Crippen molar-refractivity contribution in [1.82, 2.24) is 10.2 Å². The highest BCUT2D eigenvalue weighted by molar-refractivity contribution is 5.09. The third-order valence-corrected chi connectivity index (χ3v) is 1.51. The second-order valence-corrected chi connectivity index (χ2v) is 2.57. The molecular formula is C7H13N3O. The number of aromatic nitrogens is 2. The first-order chi connectivity index (χ1) is 5.24. The van der Waals surface area contributed by atoms with Gasteiger partial charge in [-0.15, -0.1) is 0 Å². The molecular weight excluding hydrogens is 142 g/mol. The second-order valence-electron chi connectivity index (χ2n) is 2.57. The third-order valence-electron chi connectivity index (χ3n) is 1.51. The van der Waals surface area contributed by atoms with Crippen LogP contribution in [0.5, 0.6) is 0 Å². The molecule has 1 heterocycles. The zero-order valence-corrected chi connectivity index (χ0v) is 6.54. The molecule has 1 rings (SSSR count). The summed E-state index contributed by atoms with van der Waals surface area (Å²) in [6, 6.07) is 1.82. The summed E-state index contributed by atoms with van der Waals surface area (Å²) in [6.45, 7) is 2.37. The van der Waals surface area contributed by atoms with Crippen LogP contribution in [-0.4, -0.2) is 21.8 Å². The molecule has 0 aliphatic carbocycles. The number of rotatable bonds is 3. The smallest absolute Gasteiger partial charge is 0.0990 e. The average Bonchev–Trinajstić information content (AvgIpc) is 2.36. The SMILES string of the molecule is Cc1cc([C@@H](O)CCN)n[nH]1. The molecule has 0 bridgehead atoms. The van der Waals surface area contributed by atoms with Crippen LogP contribution >= 0.6 is 0 Å². The fourth-order valence-electron chi connectivity index (χ4n) is 0.916. The standard InChI is InChI=1S/C7H13N3O/c1-5-4-6(10-9-5)7(11)2-3-8/h4,7,11H,2-3,8H2,1H3,(H,9,10)/t7-/m0/s1. The Morgan fingerprint density at radius 1 is 1.82 bits per heavy atom. The second kappa shape index (κ2) is 3.50. The molecule has 0 fully saturated rings. The van der Waals surface area contributed by atoms with Crippen molar-refractivity contribution in [3.05, 3.63) is 17.5 Å². The highest BCUT2D eigenvalue weighted by Crippen LogP contribution is 2.12. The summed E-state index contributed by atoms with van der Waals surface area (Å²) in [7, 11) is 0. The van der Waals surface area contributed by atoms with Gasteiger partial charge >= 0.3 is 0 Å². The van der Waals surface area contributed by atoms with E-state index >= 15 is 0 Å². The topological polar surface area (TPSA) is 74.9 Å². The lowest BCUT2D eigenvalue weighted by Crippen LogP contribution is -2.06. The zero-order valence-electron chi connectivity index (χ0n) is 6.54. The molecule has 62 valence electrons. The highest BCUT2D eigenvalue weighted by Gasteiger charge is 2.08. The lowest BCUT2D eigenvalue weighted by atomic mass is 10.2. The van der Waals surface area contributed by atoms with Gasteiger partial charge in [0.15, 0.2) is 0 Å². The van der Waals surface area contributed by atoms with Gasteiger partial charge in [-0.1, -0.05) is 0 Å². The van der Waals surface area contributed by atoms with Crippen molar-refractivity contribution in [2.24, 2.45) is 5.73 Å². The Balaban J connectivity index is 2.60. The summed E-state index contributed by atoms with van der Waals surface area (Å²) >= 11 is 0. The minimum atomic E-state index is -0.523. The Labute approximate surface area is 65.4 Å². The largest absolute Gasteiger partial charge is 0.387 e. The molecule has 1 aromatic heterocycles. The Hall–Kier alpha value is -0.870. The van der Waals surface area contributed by atoms with Crippen LogP contribution in [0.3, 0.4) is 0 Å². The molecule has 0 amide bonds. The van der Waals surface area contributed by atoms with Crippen LogP contribution in [-0.2, 0) is 0 Å². The minimum Gasteiger partial charge on any atom is -0.387 e. The van der Waals surface area contributed by atoms with E-state index in [-0.39, 0.29) is 0 Å². The normalized spacial score (nSPS) is 13.4. The molecule has 0 radical (unpaired) electrons. The molecule has 4 heteroatoms. The maximum Gasteiger partial charge on any atom is 0.0990 e. The molecule has 0 aliphatic rings. The van der Waals surface area contributed by atoms with Crippen LogP contribution in [0.1, 0.15) is 23.9 Å². The summed E-state index contributed by atoms with van der Waals surface area (Å²) in [6.07, 6.45) is 0.0366. The quantitative estimate of drug-likeness (QED) is 0.579. The van der Waals surface area contributed by atoms with E-state index in [2.05, 4.69) is 10.2 Å². The molecule has 0 saturated carbocycles. The van der Waals surface area contributed by atoms with Crippen LogP contribution in [0.15, 0.2) is 6.07 Å². The van der Waals surface area contributed by atoms with E-state index in [9.17, 15) is 5.11 Å². The van der Waals surface area contributed by atoms with E-state index in [0.29, 0.717) is 18.7 Å². The summed E-state index contributed by atoms with van der Waals surface area (Å²) in [4.78, 5) is 0. The Kier molecular flexibility index (Phi) is 2.62. The van der Waals surface area contributed by atoms with Gasteiger partial charge in [-0.2, -0.15) is 5.10 Å². The maximum absolute atomic E-state index is 9.37. The van der Waals surface area contributed by atoms with Gasteiger partial charge in [-0.3, -0.25) is 5.10 Å². The molecule has 0 unspecified atom stereocenters. The molecule has 4 N–H and O–H groups in total. The summed E-state index contributed by atoms with van der Waals surface area (Å²) < 4.78 is 0. The molecule has 1 atom stereocenters. The number of nitrogens with two attached hydrogens (primary N) is 1. The maximum atomic E-state index is 9.37. The van der Waals surface area contributed by atoms with Crippen LogP contribution in [0.4, 0.5) is 0 Å². The predicted octanol–water partition coefficient (Wildman–Crippen LogP) is 0.100. The molecule has 0 saturated heterocycles.